The Morgan fingerprint density at radius 2 is 1.83 bits per heavy atom. The lowest BCUT2D eigenvalue weighted by Gasteiger charge is -2.03. The van der Waals surface area contributed by atoms with E-state index in [2.05, 4.69) is 0 Å². The van der Waals surface area contributed by atoms with Crippen molar-refractivity contribution in [2.24, 2.45) is 0 Å². The molecule has 0 fully saturated rings. The Balaban J connectivity index is 3.55. The van der Waals surface area contributed by atoms with Crippen LogP contribution in [0, 0.1) is 0 Å². The molecule has 6 nitrogen and oxygen atoms in total. The fourth-order valence-corrected chi connectivity index (χ4v) is 4.92. The van der Waals surface area contributed by atoms with Gasteiger partial charge in [0.2, 0.25) is 0 Å². The van der Waals surface area contributed by atoms with E-state index in [1.165, 1.54) is 11.4 Å². The number of rotatable bonds is 1. The summed E-state index contributed by atoms with van der Waals surface area (Å²) in [5, 5.41) is 1.21. The molecule has 1 aromatic heterocycles. The second kappa shape index (κ2) is 4.46. The molecule has 100 valence electrons. The van der Waals surface area contributed by atoms with Gasteiger partial charge in [0.15, 0.2) is 0 Å². The highest BCUT2D eigenvalue weighted by Crippen LogP contribution is 2.29. The largest absolute Gasteiger partial charge is 0.509 e. The smallest absolute Gasteiger partial charge is 0.359 e. The SMILES string of the molecule is [N-]=[N+]=C(S(=O)(=O)c1cccs1)S(=O)(=O)C(F)(F)F. The third-order valence-corrected chi connectivity index (χ3v) is 6.89. The fourth-order valence-electron chi connectivity index (χ4n) is 0.853. The second-order valence-corrected chi connectivity index (χ2v) is 7.91. The van der Waals surface area contributed by atoms with Crippen molar-refractivity contribution in [2.75, 3.05) is 0 Å². The van der Waals surface area contributed by atoms with Crippen molar-refractivity contribution < 1.29 is 34.8 Å². The molecule has 1 rings (SSSR count). The van der Waals surface area contributed by atoms with Crippen LogP contribution in [0.1, 0.15) is 0 Å². The fraction of sp³-hybridized carbons (Fsp3) is 0.167. The number of nitrogens with zero attached hydrogens (tertiary/aromatic N) is 2. The normalized spacial score (nSPS) is 13.1. The lowest BCUT2D eigenvalue weighted by Crippen LogP contribution is -2.36. The van der Waals surface area contributed by atoms with E-state index in [0.717, 1.165) is 6.07 Å². The van der Waals surface area contributed by atoms with E-state index < -0.39 is 33.8 Å². The van der Waals surface area contributed by atoms with Gasteiger partial charge in [-0.15, -0.1) is 16.1 Å². The average Bonchev–Trinajstić information content (AvgIpc) is 2.68. The second-order valence-electron chi connectivity index (χ2n) is 2.75. The van der Waals surface area contributed by atoms with Crippen LogP contribution in [-0.2, 0) is 19.7 Å². The minimum atomic E-state index is -6.25. The molecule has 18 heavy (non-hydrogen) atoms. The Labute approximate surface area is 103 Å². The molecule has 1 heterocycles. The molecule has 0 unspecified atom stereocenters. The van der Waals surface area contributed by atoms with E-state index in [-0.39, 0.29) is 0 Å². The van der Waals surface area contributed by atoms with Crippen LogP contribution in [0.2, 0.25) is 0 Å². The number of thiophene rings is 1. The molecule has 0 saturated heterocycles. The van der Waals surface area contributed by atoms with Gasteiger partial charge >= 0.3 is 29.6 Å². The van der Waals surface area contributed by atoms with Crippen LogP contribution in [0.5, 0.6) is 0 Å². The quantitative estimate of drug-likeness (QED) is 0.333. The standard InChI is InChI=1S/C6H3F3N2O4S3/c7-6(8,9)18(14,15)5(11-10)17(12,13)4-2-1-3-16-4/h1-3H. The molecule has 0 amide bonds. The van der Waals surface area contributed by atoms with Crippen molar-refractivity contribution in [1.29, 1.82) is 0 Å². The van der Waals surface area contributed by atoms with Crippen LogP contribution >= 0.6 is 11.3 Å². The van der Waals surface area contributed by atoms with Gasteiger partial charge in [0.1, 0.15) is 4.21 Å². The Bertz CT molecular complexity index is 696. The summed E-state index contributed by atoms with van der Waals surface area (Å²) < 4.78 is 78.6. The van der Waals surface area contributed by atoms with Crippen LogP contribution in [0.25, 0.3) is 5.53 Å². The third-order valence-electron chi connectivity index (χ3n) is 1.61. The molecule has 0 N–H and O–H groups in total. The summed E-state index contributed by atoms with van der Waals surface area (Å²) in [5.74, 6) is 0. The molecular weight excluding hydrogens is 317 g/mol. The highest BCUT2D eigenvalue weighted by molar-refractivity contribution is 8.31. The van der Waals surface area contributed by atoms with Gasteiger partial charge in [-0.05, 0) is 11.4 Å². The van der Waals surface area contributed by atoms with Crippen LogP contribution in [0.3, 0.4) is 0 Å². The van der Waals surface area contributed by atoms with Crippen molar-refractivity contribution in [2.45, 2.75) is 9.72 Å². The van der Waals surface area contributed by atoms with Gasteiger partial charge in [0.05, 0.1) is 0 Å². The number of halogens is 3. The van der Waals surface area contributed by atoms with Crippen LogP contribution in [-0.4, -0.2) is 31.5 Å². The first kappa shape index (κ1) is 14.8. The highest BCUT2D eigenvalue weighted by Gasteiger charge is 2.60. The van der Waals surface area contributed by atoms with Gasteiger partial charge in [-0.1, -0.05) is 6.07 Å². The van der Waals surface area contributed by atoms with Crippen LogP contribution < -0.4 is 0 Å². The molecule has 0 radical (unpaired) electrons. The predicted molar refractivity (Wildman–Crippen MR) is 55.1 cm³/mol. The minimum Gasteiger partial charge on any atom is -0.359 e. The average molecular weight is 320 g/mol. The molecule has 0 saturated carbocycles. The summed E-state index contributed by atoms with van der Waals surface area (Å²) in [5.41, 5.74) is 2.42. The van der Waals surface area contributed by atoms with Gasteiger partial charge in [-0.25, -0.2) is 16.8 Å². The van der Waals surface area contributed by atoms with Crippen LogP contribution in [0.15, 0.2) is 21.7 Å². The number of hydrogen-bond donors (Lipinski definition) is 0. The lowest BCUT2D eigenvalue weighted by molar-refractivity contribution is -0.0447. The summed E-state index contributed by atoms with van der Waals surface area (Å²) >= 11 is 0.489. The van der Waals surface area contributed by atoms with Crippen molar-refractivity contribution in [3.63, 3.8) is 0 Å². The highest BCUT2D eigenvalue weighted by atomic mass is 32.3. The molecule has 0 spiro atoms. The summed E-state index contributed by atoms with van der Waals surface area (Å²) in [7, 11) is -11.3. The monoisotopic (exact) mass is 320 g/mol. The summed E-state index contributed by atoms with van der Waals surface area (Å²) in [4.78, 5) is 1.78. The maximum absolute atomic E-state index is 12.2. The third kappa shape index (κ3) is 2.32. The Kier molecular flexibility index (Phi) is 3.68. The molecular formula is C6H3F3N2O4S3. The Morgan fingerprint density at radius 1 is 1.28 bits per heavy atom. The van der Waals surface area contributed by atoms with E-state index in [4.69, 9.17) is 5.53 Å². The van der Waals surface area contributed by atoms with Crippen molar-refractivity contribution in [1.82, 2.24) is 0 Å². The number of sulfone groups is 2. The number of alkyl halides is 3. The zero-order valence-corrected chi connectivity index (χ0v) is 10.6. The molecule has 0 atom stereocenters. The first-order valence-electron chi connectivity index (χ1n) is 3.87. The molecule has 1 aromatic rings. The molecule has 12 heteroatoms. The molecule has 0 aliphatic carbocycles. The first-order valence-corrected chi connectivity index (χ1v) is 7.71. The van der Waals surface area contributed by atoms with Gasteiger partial charge < -0.3 is 5.53 Å². The van der Waals surface area contributed by atoms with Gasteiger partial charge in [0.25, 0.3) is 0 Å². The van der Waals surface area contributed by atoms with Crippen molar-refractivity contribution in [3.05, 3.63) is 23.0 Å². The predicted octanol–water partition coefficient (Wildman–Crippen LogP) is 1.04. The summed E-state index contributed by atoms with van der Waals surface area (Å²) in [6, 6.07) is 2.07. The molecule has 0 bridgehead atoms. The van der Waals surface area contributed by atoms with Crippen LogP contribution in [0.4, 0.5) is 13.2 Å². The maximum Gasteiger partial charge on any atom is 0.509 e. The van der Waals surface area contributed by atoms with Gasteiger partial charge in [-0.3, -0.25) is 0 Å². The zero-order chi connectivity index (χ0) is 14.2. The van der Waals surface area contributed by atoms with E-state index in [9.17, 15) is 30.0 Å². The molecule has 0 aromatic carbocycles. The Morgan fingerprint density at radius 3 is 2.17 bits per heavy atom. The zero-order valence-electron chi connectivity index (χ0n) is 8.12. The van der Waals surface area contributed by atoms with E-state index >= 15 is 0 Å². The van der Waals surface area contributed by atoms with E-state index in [0.29, 0.717) is 11.3 Å². The Hall–Kier alpha value is -1.23. The summed E-state index contributed by atoms with van der Waals surface area (Å²) in [6.45, 7) is 0. The minimum absolute atomic E-state index is 0.489. The topological polar surface area (TPSA) is 105 Å². The summed E-state index contributed by atoms with van der Waals surface area (Å²) in [6.07, 6.45) is 0. The lowest BCUT2D eigenvalue weighted by atomic mass is 10.7. The van der Waals surface area contributed by atoms with Gasteiger partial charge in [-0.2, -0.15) is 13.2 Å². The molecule has 0 aliphatic rings. The van der Waals surface area contributed by atoms with E-state index in [1.807, 2.05) is 0 Å². The van der Waals surface area contributed by atoms with Crippen molar-refractivity contribution >= 4 is 35.4 Å². The van der Waals surface area contributed by atoms with Crippen molar-refractivity contribution in [3.8, 4) is 0 Å². The molecule has 0 aliphatic heterocycles. The first-order chi connectivity index (χ1) is 8.05. The maximum atomic E-state index is 12.2. The number of hydrogen-bond acceptors (Lipinski definition) is 5. The van der Waals surface area contributed by atoms with Gasteiger partial charge in [0, 0.05) is 0 Å². The van der Waals surface area contributed by atoms with E-state index in [1.54, 1.807) is 4.79 Å².